The predicted octanol–water partition coefficient (Wildman–Crippen LogP) is 2.24. The number of benzene rings is 1. The second-order valence-corrected chi connectivity index (χ2v) is 6.03. The lowest BCUT2D eigenvalue weighted by atomic mass is 9.99. The number of hydrogen-bond acceptors (Lipinski definition) is 3. The molecule has 1 saturated heterocycles. The summed E-state index contributed by atoms with van der Waals surface area (Å²) in [7, 11) is 2.03. The lowest BCUT2D eigenvalue weighted by Crippen LogP contribution is -2.31. The van der Waals surface area contributed by atoms with Gasteiger partial charge in [0.15, 0.2) is 0 Å². The largest absolute Gasteiger partial charge is 0.381 e. The quantitative estimate of drug-likeness (QED) is 0.891. The van der Waals surface area contributed by atoms with Gasteiger partial charge in [0.05, 0.1) is 0 Å². The number of nitrogens with zero attached hydrogens (tertiary/aromatic N) is 1. The standard InChI is InChI=1S/C17H26N2O/c1-18-9-5-15-3-2-4-16-6-10-19(17(15)16)13-14-7-11-20-12-8-14/h2-4,14,18H,5-13H2,1H3. The Labute approximate surface area is 122 Å². The molecule has 1 fully saturated rings. The molecule has 0 aliphatic carbocycles. The van der Waals surface area contributed by atoms with Crippen LogP contribution in [0.3, 0.4) is 0 Å². The maximum atomic E-state index is 5.48. The third kappa shape index (κ3) is 2.99. The fourth-order valence-electron chi connectivity index (χ4n) is 3.50. The molecule has 3 rings (SSSR count). The summed E-state index contributed by atoms with van der Waals surface area (Å²) >= 11 is 0. The van der Waals surface area contributed by atoms with Crippen molar-refractivity contribution in [3.05, 3.63) is 29.3 Å². The summed E-state index contributed by atoms with van der Waals surface area (Å²) in [4.78, 5) is 2.64. The van der Waals surface area contributed by atoms with Gasteiger partial charge in [-0.3, -0.25) is 0 Å². The molecule has 0 bridgehead atoms. The summed E-state index contributed by atoms with van der Waals surface area (Å²) in [6.45, 7) is 5.37. The normalized spacial score (nSPS) is 19.4. The van der Waals surface area contributed by atoms with E-state index in [4.69, 9.17) is 4.74 Å². The SMILES string of the molecule is CNCCc1cccc2c1N(CC1CCOCC1)CC2. The Morgan fingerprint density at radius 2 is 2.15 bits per heavy atom. The van der Waals surface area contributed by atoms with Crippen LogP contribution in [0.1, 0.15) is 24.0 Å². The van der Waals surface area contributed by atoms with E-state index in [9.17, 15) is 0 Å². The molecule has 110 valence electrons. The van der Waals surface area contributed by atoms with E-state index in [1.54, 1.807) is 5.56 Å². The summed E-state index contributed by atoms with van der Waals surface area (Å²) in [6, 6.07) is 6.84. The number of fused-ring (bicyclic) bond motifs is 1. The van der Waals surface area contributed by atoms with Crippen LogP contribution in [0.4, 0.5) is 5.69 Å². The minimum atomic E-state index is 0.812. The lowest BCUT2D eigenvalue weighted by Gasteiger charge is -2.29. The molecule has 2 aliphatic rings. The molecule has 0 spiro atoms. The first kappa shape index (κ1) is 13.9. The molecule has 20 heavy (non-hydrogen) atoms. The highest BCUT2D eigenvalue weighted by molar-refractivity contribution is 5.63. The molecule has 0 saturated carbocycles. The fourth-order valence-corrected chi connectivity index (χ4v) is 3.50. The molecule has 3 heteroatoms. The van der Waals surface area contributed by atoms with Gasteiger partial charge in [0.2, 0.25) is 0 Å². The molecule has 2 heterocycles. The van der Waals surface area contributed by atoms with Gasteiger partial charge in [-0.25, -0.2) is 0 Å². The van der Waals surface area contributed by atoms with E-state index < -0.39 is 0 Å². The van der Waals surface area contributed by atoms with Crippen molar-refractivity contribution in [3.8, 4) is 0 Å². The maximum Gasteiger partial charge on any atom is 0.0469 e. The number of likely N-dealkylation sites (N-methyl/N-ethyl adjacent to an activating group) is 1. The number of ether oxygens (including phenoxy) is 1. The van der Waals surface area contributed by atoms with Crippen LogP contribution in [-0.2, 0) is 17.6 Å². The third-order valence-corrected chi connectivity index (χ3v) is 4.63. The van der Waals surface area contributed by atoms with Gasteiger partial charge < -0.3 is 15.0 Å². The molecule has 1 aromatic rings. The van der Waals surface area contributed by atoms with E-state index in [2.05, 4.69) is 28.4 Å². The van der Waals surface area contributed by atoms with Gasteiger partial charge in [0, 0.05) is 32.0 Å². The third-order valence-electron chi connectivity index (χ3n) is 4.63. The van der Waals surface area contributed by atoms with Gasteiger partial charge >= 0.3 is 0 Å². The summed E-state index contributed by atoms with van der Waals surface area (Å²) in [5.74, 6) is 0.812. The molecule has 0 atom stereocenters. The van der Waals surface area contributed by atoms with Crippen molar-refractivity contribution in [1.82, 2.24) is 5.32 Å². The molecular weight excluding hydrogens is 248 g/mol. The van der Waals surface area contributed by atoms with Crippen molar-refractivity contribution in [2.24, 2.45) is 5.92 Å². The van der Waals surface area contributed by atoms with Crippen LogP contribution in [0.25, 0.3) is 0 Å². The van der Waals surface area contributed by atoms with Crippen molar-refractivity contribution in [2.75, 3.05) is 44.8 Å². The molecule has 1 aromatic carbocycles. The van der Waals surface area contributed by atoms with E-state index >= 15 is 0 Å². The molecule has 0 aromatic heterocycles. The zero-order valence-corrected chi connectivity index (χ0v) is 12.5. The molecule has 2 aliphatic heterocycles. The first-order valence-corrected chi connectivity index (χ1v) is 7.96. The first-order valence-electron chi connectivity index (χ1n) is 7.96. The van der Waals surface area contributed by atoms with Crippen LogP contribution >= 0.6 is 0 Å². The minimum Gasteiger partial charge on any atom is -0.381 e. The van der Waals surface area contributed by atoms with Crippen LogP contribution in [0.15, 0.2) is 18.2 Å². The lowest BCUT2D eigenvalue weighted by molar-refractivity contribution is 0.0683. The highest BCUT2D eigenvalue weighted by atomic mass is 16.5. The summed E-state index contributed by atoms with van der Waals surface area (Å²) in [5.41, 5.74) is 4.60. The van der Waals surface area contributed by atoms with Crippen LogP contribution in [-0.4, -0.2) is 39.9 Å². The maximum absolute atomic E-state index is 5.48. The van der Waals surface area contributed by atoms with E-state index in [-0.39, 0.29) is 0 Å². The molecule has 1 N–H and O–H groups in total. The Bertz CT molecular complexity index is 441. The molecule has 0 radical (unpaired) electrons. The Kier molecular flexibility index (Phi) is 4.58. The summed E-state index contributed by atoms with van der Waals surface area (Å²) in [6.07, 6.45) is 4.80. The van der Waals surface area contributed by atoms with E-state index in [1.165, 1.54) is 43.6 Å². The Hall–Kier alpha value is -1.06. The van der Waals surface area contributed by atoms with Crippen LogP contribution in [0.2, 0.25) is 0 Å². The van der Waals surface area contributed by atoms with Crippen molar-refractivity contribution in [3.63, 3.8) is 0 Å². The summed E-state index contributed by atoms with van der Waals surface area (Å²) in [5, 5.41) is 3.27. The van der Waals surface area contributed by atoms with Crippen LogP contribution < -0.4 is 10.2 Å². The topological polar surface area (TPSA) is 24.5 Å². The Morgan fingerprint density at radius 3 is 2.95 bits per heavy atom. The van der Waals surface area contributed by atoms with E-state index in [1.807, 2.05) is 7.05 Å². The average Bonchev–Trinajstić information content (AvgIpc) is 2.90. The van der Waals surface area contributed by atoms with Crippen molar-refractivity contribution < 1.29 is 4.74 Å². The minimum absolute atomic E-state index is 0.812. The number of para-hydroxylation sites is 1. The van der Waals surface area contributed by atoms with Gasteiger partial charge in [-0.05, 0) is 56.3 Å². The Balaban J connectivity index is 1.73. The van der Waals surface area contributed by atoms with Crippen LogP contribution in [0, 0.1) is 5.92 Å². The van der Waals surface area contributed by atoms with E-state index in [0.29, 0.717) is 0 Å². The van der Waals surface area contributed by atoms with Gasteiger partial charge in [-0.1, -0.05) is 18.2 Å². The average molecular weight is 274 g/mol. The second-order valence-electron chi connectivity index (χ2n) is 6.03. The second kappa shape index (κ2) is 6.59. The number of rotatable bonds is 5. The number of nitrogens with one attached hydrogen (secondary N) is 1. The van der Waals surface area contributed by atoms with E-state index in [0.717, 1.165) is 32.1 Å². The highest BCUT2D eigenvalue weighted by Crippen LogP contribution is 2.33. The monoisotopic (exact) mass is 274 g/mol. The smallest absolute Gasteiger partial charge is 0.0469 e. The Morgan fingerprint density at radius 1 is 1.30 bits per heavy atom. The molecule has 0 amide bonds. The zero-order valence-electron chi connectivity index (χ0n) is 12.5. The predicted molar refractivity (Wildman–Crippen MR) is 83.5 cm³/mol. The summed E-state index contributed by atoms with van der Waals surface area (Å²) < 4.78 is 5.48. The van der Waals surface area contributed by atoms with Gasteiger partial charge in [0.1, 0.15) is 0 Å². The van der Waals surface area contributed by atoms with Crippen molar-refractivity contribution in [1.29, 1.82) is 0 Å². The zero-order chi connectivity index (χ0) is 13.8. The molecule has 0 unspecified atom stereocenters. The van der Waals surface area contributed by atoms with Gasteiger partial charge in [-0.2, -0.15) is 0 Å². The van der Waals surface area contributed by atoms with Crippen LogP contribution in [0.5, 0.6) is 0 Å². The molecule has 3 nitrogen and oxygen atoms in total. The fraction of sp³-hybridized carbons (Fsp3) is 0.647. The molecular formula is C17H26N2O. The van der Waals surface area contributed by atoms with Gasteiger partial charge in [0.25, 0.3) is 0 Å². The van der Waals surface area contributed by atoms with Crippen molar-refractivity contribution >= 4 is 5.69 Å². The first-order chi connectivity index (χ1) is 9.88. The van der Waals surface area contributed by atoms with Gasteiger partial charge in [-0.15, -0.1) is 0 Å². The number of hydrogen-bond donors (Lipinski definition) is 1. The highest BCUT2D eigenvalue weighted by Gasteiger charge is 2.25. The number of anilines is 1. The van der Waals surface area contributed by atoms with Crippen molar-refractivity contribution in [2.45, 2.75) is 25.7 Å².